The first-order valence-electron chi connectivity index (χ1n) is 11.3. The Balaban J connectivity index is 1.75. The van der Waals surface area contributed by atoms with Crippen molar-refractivity contribution in [1.29, 1.82) is 0 Å². The summed E-state index contributed by atoms with van der Waals surface area (Å²) < 4.78 is 63.9. The minimum absolute atomic E-state index is 0.0836. The zero-order chi connectivity index (χ0) is 26.2. The van der Waals surface area contributed by atoms with Crippen molar-refractivity contribution in [2.45, 2.75) is 57.0 Å². The summed E-state index contributed by atoms with van der Waals surface area (Å²) in [5.74, 6) is -0.904. The maximum atomic E-state index is 12.8. The highest BCUT2D eigenvalue weighted by Gasteiger charge is 2.48. The van der Waals surface area contributed by atoms with Gasteiger partial charge in [0, 0.05) is 23.6 Å². The van der Waals surface area contributed by atoms with Gasteiger partial charge < -0.3 is 14.4 Å². The van der Waals surface area contributed by atoms with Gasteiger partial charge in [-0.15, -0.1) is 0 Å². The van der Waals surface area contributed by atoms with Gasteiger partial charge in [-0.1, -0.05) is 26.0 Å². The average Bonchev–Trinajstić information content (AvgIpc) is 2.72. The van der Waals surface area contributed by atoms with Crippen molar-refractivity contribution in [3.63, 3.8) is 0 Å². The standard InChI is InChI=1S/C25H31F3N2O4S/c1-16-6-13-22(24(2,3)15-30(4)5)21-14-18(9-12-20(16)21)29-23(31)17-7-10-19(11-8-17)34-35(32,33)25(26,27)28/h6-8,10-11,13,18H,9,12,14-15H2,1-5H3,(H,29,31)/t18-/m1/s1. The Morgan fingerprint density at radius 2 is 1.71 bits per heavy atom. The maximum Gasteiger partial charge on any atom is 0.534 e. The molecule has 0 radical (unpaired) electrons. The predicted molar refractivity (Wildman–Crippen MR) is 128 cm³/mol. The molecule has 0 bridgehead atoms. The van der Waals surface area contributed by atoms with Crippen LogP contribution in [0.3, 0.4) is 0 Å². The number of nitrogens with one attached hydrogen (secondary N) is 1. The Labute approximate surface area is 204 Å². The molecule has 0 fully saturated rings. The molecule has 0 aliphatic heterocycles. The van der Waals surface area contributed by atoms with E-state index in [0.717, 1.165) is 31.5 Å². The van der Waals surface area contributed by atoms with Gasteiger partial charge >= 0.3 is 15.6 Å². The monoisotopic (exact) mass is 512 g/mol. The number of aryl methyl sites for hydroxylation is 1. The fourth-order valence-electron chi connectivity index (χ4n) is 4.80. The van der Waals surface area contributed by atoms with Crippen LogP contribution in [0, 0.1) is 6.92 Å². The highest BCUT2D eigenvalue weighted by molar-refractivity contribution is 7.88. The first-order chi connectivity index (χ1) is 16.1. The number of fused-ring (bicyclic) bond motifs is 1. The molecular weight excluding hydrogens is 481 g/mol. The molecule has 0 aromatic heterocycles. The van der Waals surface area contributed by atoms with E-state index in [0.29, 0.717) is 6.42 Å². The average molecular weight is 513 g/mol. The Morgan fingerprint density at radius 1 is 1.09 bits per heavy atom. The molecule has 10 heteroatoms. The minimum Gasteiger partial charge on any atom is -0.376 e. The van der Waals surface area contributed by atoms with Crippen molar-refractivity contribution in [3.8, 4) is 5.75 Å². The van der Waals surface area contributed by atoms with Gasteiger partial charge in [0.2, 0.25) is 0 Å². The number of halogens is 3. The molecular formula is C25H31F3N2O4S. The summed E-state index contributed by atoms with van der Waals surface area (Å²) in [5.41, 5.74) is -0.332. The summed E-state index contributed by atoms with van der Waals surface area (Å²) in [7, 11) is -1.68. The molecule has 3 rings (SSSR count). The zero-order valence-corrected chi connectivity index (χ0v) is 21.3. The quantitative estimate of drug-likeness (QED) is 0.441. The molecule has 2 aromatic carbocycles. The first kappa shape index (κ1) is 27.0. The van der Waals surface area contributed by atoms with Crippen LogP contribution < -0.4 is 9.50 Å². The van der Waals surface area contributed by atoms with Crippen molar-refractivity contribution >= 4 is 16.0 Å². The molecule has 1 atom stereocenters. The number of alkyl halides is 3. The smallest absolute Gasteiger partial charge is 0.376 e. The van der Waals surface area contributed by atoms with E-state index in [4.69, 9.17) is 0 Å². The van der Waals surface area contributed by atoms with Gasteiger partial charge in [0.15, 0.2) is 0 Å². The van der Waals surface area contributed by atoms with Crippen LogP contribution in [0.15, 0.2) is 36.4 Å². The van der Waals surface area contributed by atoms with Crippen molar-refractivity contribution in [1.82, 2.24) is 10.2 Å². The number of carbonyl (C=O) groups excluding carboxylic acids is 1. The molecule has 1 aliphatic carbocycles. The maximum absolute atomic E-state index is 12.8. The van der Waals surface area contributed by atoms with E-state index in [-0.39, 0.29) is 22.9 Å². The molecule has 0 saturated carbocycles. The minimum atomic E-state index is -5.77. The van der Waals surface area contributed by atoms with Gasteiger partial charge in [-0.05, 0) is 86.8 Å². The second-order valence-electron chi connectivity index (χ2n) is 9.93. The Bertz CT molecular complexity index is 1190. The summed E-state index contributed by atoms with van der Waals surface area (Å²) in [5, 5.41) is 3.02. The number of amides is 1. The molecule has 6 nitrogen and oxygen atoms in total. The summed E-state index contributed by atoms with van der Waals surface area (Å²) in [4.78, 5) is 15.0. The lowest BCUT2D eigenvalue weighted by Gasteiger charge is -2.35. The van der Waals surface area contributed by atoms with E-state index in [1.807, 2.05) is 14.1 Å². The molecule has 0 unspecified atom stereocenters. The van der Waals surface area contributed by atoms with Gasteiger partial charge in [-0.2, -0.15) is 21.6 Å². The summed E-state index contributed by atoms with van der Waals surface area (Å²) in [6, 6.07) is 8.76. The molecule has 1 aliphatic rings. The number of carbonyl (C=O) groups is 1. The van der Waals surface area contributed by atoms with Crippen LogP contribution in [0.1, 0.15) is 52.9 Å². The van der Waals surface area contributed by atoms with Gasteiger partial charge in [-0.3, -0.25) is 4.79 Å². The van der Waals surface area contributed by atoms with Crippen LogP contribution in [-0.4, -0.2) is 51.4 Å². The summed E-state index contributed by atoms with van der Waals surface area (Å²) in [6.07, 6.45) is 2.28. The fourth-order valence-corrected chi connectivity index (χ4v) is 5.25. The summed E-state index contributed by atoms with van der Waals surface area (Å²) >= 11 is 0. The number of nitrogens with zero attached hydrogens (tertiary/aromatic N) is 1. The largest absolute Gasteiger partial charge is 0.534 e. The lowest BCUT2D eigenvalue weighted by atomic mass is 9.74. The van der Waals surface area contributed by atoms with Crippen LogP contribution in [0.2, 0.25) is 0 Å². The normalized spacial score (nSPS) is 16.7. The van der Waals surface area contributed by atoms with E-state index in [1.54, 1.807) is 0 Å². The third kappa shape index (κ3) is 6.16. The second kappa shape index (κ2) is 9.81. The number of benzene rings is 2. The van der Waals surface area contributed by atoms with Crippen molar-refractivity contribution in [2.24, 2.45) is 0 Å². The topological polar surface area (TPSA) is 75.7 Å². The number of hydrogen-bond donors (Lipinski definition) is 1. The molecule has 2 aromatic rings. The number of likely N-dealkylation sites (N-methyl/N-ethyl adjacent to an activating group) is 1. The van der Waals surface area contributed by atoms with E-state index in [1.165, 1.54) is 34.4 Å². The lowest BCUT2D eigenvalue weighted by Crippen LogP contribution is -2.41. The predicted octanol–water partition coefficient (Wildman–Crippen LogP) is 4.35. The molecule has 1 amide bonds. The van der Waals surface area contributed by atoms with Crippen molar-refractivity contribution in [3.05, 3.63) is 64.2 Å². The molecule has 35 heavy (non-hydrogen) atoms. The van der Waals surface area contributed by atoms with Crippen LogP contribution in [-0.2, 0) is 28.4 Å². The third-order valence-electron chi connectivity index (χ3n) is 6.24. The van der Waals surface area contributed by atoms with Crippen LogP contribution in [0.25, 0.3) is 0 Å². The van der Waals surface area contributed by atoms with Gasteiger partial charge in [0.25, 0.3) is 5.91 Å². The van der Waals surface area contributed by atoms with Crippen LogP contribution >= 0.6 is 0 Å². The number of rotatable bonds is 7. The highest BCUT2D eigenvalue weighted by atomic mass is 32.2. The Morgan fingerprint density at radius 3 is 2.29 bits per heavy atom. The molecule has 0 spiro atoms. The molecule has 0 saturated heterocycles. The van der Waals surface area contributed by atoms with Crippen molar-refractivity contribution < 1.29 is 30.6 Å². The van der Waals surface area contributed by atoms with Gasteiger partial charge in [-0.25, -0.2) is 0 Å². The highest BCUT2D eigenvalue weighted by Crippen LogP contribution is 2.35. The molecule has 192 valence electrons. The van der Waals surface area contributed by atoms with Gasteiger partial charge in [0.1, 0.15) is 5.75 Å². The third-order valence-corrected chi connectivity index (χ3v) is 7.22. The van der Waals surface area contributed by atoms with E-state index >= 15 is 0 Å². The van der Waals surface area contributed by atoms with Gasteiger partial charge in [0.05, 0.1) is 0 Å². The first-order valence-corrected chi connectivity index (χ1v) is 12.7. The van der Waals surface area contributed by atoms with E-state index in [9.17, 15) is 26.4 Å². The Kier molecular flexibility index (Phi) is 7.57. The number of hydrogen-bond acceptors (Lipinski definition) is 5. The SMILES string of the molecule is Cc1ccc(C(C)(C)CN(C)C)c2c1CC[C@@H](NC(=O)c1ccc(OS(=O)(=O)C(F)(F)F)cc1)C2. The second-order valence-corrected chi connectivity index (χ2v) is 11.5. The van der Waals surface area contributed by atoms with Crippen LogP contribution in [0.5, 0.6) is 5.75 Å². The summed E-state index contributed by atoms with van der Waals surface area (Å²) in [6.45, 7) is 7.40. The fraction of sp³-hybridized carbons (Fsp3) is 0.480. The van der Waals surface area contributed by atoms with Crippen molar-refractivity contribution in [2.75, 3.05) is 20.6 Å². The van der Waals surface area contributed by atoms with E-state index in [2.05, 4.69) is 47.3 Å². The lowest BCUT2D eigenvalue weighted by molar-refractivity contribution is -0.0500. The Hall–Kier alpha value is -2.59. The molecule has 0 heterocycles. The zero-order valence-electron chi connectivity index (χ0n) is 20.5. The van der Waals surface area contributed by atoms with E-state index < -0.39 is 21.4 Å². The molecule has 1 N–H and O–H groups in total. The van der Waals surface area contributed by atoms with Crippen LogP contribution in [0.4, 0.5) is 13.2 Å².